The Morgan fingerprint density at radius 1 is 1.44 bits per heavy atom. The third-order valence-corrected chi connectivity index (χ3v) is 3.74. The number of nitrogens with one attached hydrogen (secondary N) is 1. The first kappa shape index (κ1) is 15.4. The Kier molecular flexibility index (Phi) is 7.28. The van der Waals surface area contributed by atoms with Gasteiger partial charge in [0.05, 0.1) is 6.10 Å². The predicted molar refractivity (Wildman–Crippen MR) is 73.4 cm³/mol. The summed E-state index contributed by atoms with van der Waals surface area (Å²) in [6.45, 7) is 3.96. The van der Waals surface area contributed by atoms with Crippen LogP contribution in [0.15, 0.2) is 0 Å². The molecule has 1 heterocycles. The second kappa shape index (κ2) is 8.48. The molecule has 0 aromatic carbocycles. The zero-order valence-corrected chi connectivity index (χ0v) is 11.8. The van der Waals surface area contributed by atoms with Crippen molar-refractivity contribution in [3.8, 4) is 0 Å². The molecule has 18 heavy (non-hydrogen) atoms. The summed E-state index contributed by atoms with van der Waals surface area (Å²) in [7, 11) is 1.69. The van der Waals surface area contributed by atoms with E-state index in [9.17, 15) is 9.90 Å². The topological polar surface area (TPSA) is 52.6 Å². The normalized spacial score (nSPS) is 23.4. The van der Waals surface area contributed by atoms with E-state index >= 15 is 0 Å². The molecule has 2 unspecified atom stereocenters. The zero-order valence-electron chi connectivity index (χ0n) is 11.8. The first-order valence-corrected chi connectivity index (χ1v) is 7.26. The van der Waals surface area contributed by atoms with Gasteiger partial charge >= 0.3 is 0 Å². The van der Waals surface area contributed by atoms with E-state index in [4.69, 9.17) is 0 Å². The van der Waals surface area contributed by atoms with E-state index in [0.29, 0.717) is 12.5 Å². The summed E-state index contributed by atoms with van der Waals surface area (Å²) in [5, 5.41) is 12.2. The third kappa shape index (κ3) is 5.83. The largest absolute Gasteiger partial charge is 0.393 e. The fourth-order valence-electron chi connectivity index (χ4n) is 2.76. The minimum Gasteiger partial charge on any atom is -0.393 e. The molecule has 1 fully saturated rings. The average Bonchev–Trinajstić information content (AvgIpc) is 2.54. The minimum absolute atomic E-state index is 0.122. The highest BCUT2D eigenvalue weighted by Crippen LogP contribution is 2.20. The van der Waals surface area contributed by atoms with Crippen LogP contribution in [0.25, 0.3) is 0 Å². The van der Waals surface area contributed by atoms with Crippen LogP contribution in [0, 0.1) is 0 Å². The summed E-state index contributed by atoms with van der Waals surface area (Å²) < 4.78 is 0. The van der Waals surface area contributed by atoms with Crippen molar-refractivity contribution >= 4 is 5.91 Å². The maximum atomic E-state index is 11.2. The molecule has 0 aliphatic carbocycles. The number of carbonyl (C=O) groups excluding carboxylic acids is 1. The van der Waals surface area contributed by atoms with Gasteiger partial charge in [0.15, 0.2) is 0 Å². The Balaban J connectivity index is 2.38. The third-order valence-electron chi connectivity index (χ3n) is 3.74. The van der Waals surface area contributed by atoms with Gasteiger partial charge in [-0.2, -0.15) is 0 Å². The molecule has 0 saturated carbocycles. The van der Waals surface area contributed by atoms with Gasteiger partial charge in [0, 0.05) is 19.5 Å². The summed E-state index contributed by atoms with van der Waals surface area (Å²) >= 11 is 0. The molecule has 4 heteroatoms. The van der Waals surface area contributed by atoms with E-state index in [1.165, 1.54) is 25.7 Å². The molecule has 2 N–H and O–H groups in total. The van der Waals surface area contributed by atoms with Crippen LogP contribution < -0.4 is 5.32 Å². The summed E-state index contributed by atoms with van der Waals surface area (Å²) in [6, 6.07) is 0.497. The van der Waals surface area contributed by atoms with Crippen molar-refractivity contribution in [3.63, 3.8) is 0 Å². The van der Waals surface area contributed by atoms with E-state index in [1.807, 2.05) is 6.92 Å². The Morgan fingerprint density at radius 2 is 2.22 bits per heavy atom. The minimum atomic E-state index is -0.227. The molecule has 1 rings (SSSR count). The zero-order chi connectivity index (χ0) is 13.4. The molecule has 1 aliphatic heterocycles. The van der Waals surface area contributed by atoms with Gasteiger partial charge in [-0.3, -0.25) is 4.79 Å². The van der Waals surface area contributed by atoms with Crippen LogP contribution in [0.4, 0.5) is 0 Å². The number of hydrogen-bond acceptors (Lipinski definition) is 3. The number of likely N-dealkylation sites (tertiary alicyclic amines) is 1. The van der Waals surface area contributed by atoms with Crippen LogP contribution in [0.5, 0.6) is 0 Å². The fraction of sp³-hybridized carbons (Fsp3) is 0.929. The fourth-order valence-corrected chi connectivity index (χ4v) is 2.76. The van der Waals surface area contributed by atoms with Crippen LogP contribution in [0.1, 0.15) is 51.9 Å². The Bertz CT molecular complexity index is 244. The molecule has 0 spiro atoms. The number of rotatable bonds is 6. The van der Waals surface area contributed by atoms with E-state index in [-0.39, 0.29) is 12.0 Å². The van der Waals surface area contributed by atoms with Gasteiger partial charge in [0.1, 0.15) is 0 Å². The first-order chi connectivity index (χ1) is 8.63. The van der Waals surface area contributed by atoms with Gasteiger partial charge in [-0.25, -0.2) is 0 Å². The van der Waals surface area contributed by atoms with Crippen molar-refractivity contribution in [1.82, 2.24) is 10.2 Å². The molecular formula is C14H28N2O2. The highest BCUT2D eigenvalue weighted by atomic mass is 16.3. The molecule has 0 aromatic heterocycles. The monoisotopic (exact) mass is 256 g/mol. The smallest absolute Gasteiger partial charge is 0.219 e. The van der Waals surface area contributed by atoms with E-state index in [1.54, 1.807) is 7.05 Å². The highest BCUT2D eigenvalue weighted by molar-refractivity contribution is 5.75. The Labute approximate surface area is 111 Å². The first-order valence-electron chi connectivity index (χ1n) is 7.26. The molecule has 2 atom stereocenters. The molecule has 106 valence electrons. The quantitative estimate of drug-likeness (QED) is 0.758. The summed E-state index contributed by atoms with van der Waals surface area (Å²) in [5.74, 6) is 0.122. The maximum absolute atomic E-state index is 11.2. The van der Waals surface area contributed by atoms with Gasteiger partial charge in [-0.15, -0.1) is 0 Å². The van der Waals surface area contributed by atoms with Gasteiger partial charge in [0.2, 0.25) is 5.91 Å². The van der Waals surface area contributed by atoms with Crippen LogP contribution in [0.3, 0.4) is 0 Å². The van der Waals surface area contributed by atoms with E-state index in [0.717, 1.165) is 25.9 Å². The number of nitrogens with zero attached hydrogens (tertiary/aromatic N) is 1. The molecular weight excluding hydrogens is 228 g/mol. The maximum Gasteiger partial charge on any atom is 0.219 e. The Hall–Kier alpha value is -0.610. The summed E-state index contributed by atoms with van der Waals surface area (Å²) in [6.07, 6.45) is 7.14. The number of carbonyl (C=O) groups is 1. The standard InChI is InChI=1S/C14H28N2O2/c1-12(17)11-13-7-4-3-5-9-16(13)10-6-8-14(18)15-2/h12-13,17H,3-11H2,1-2H3,(H,15,18). The molecule has 4 nitrogen and oxygen atoms in total. The second-order valence-corrected chi connectivity index (χ2v) is 5.40. The van der Waals surface area contributed by atoms with E-state index < -0.39 is 0 Å². The summed E-state index contributed by atoms with van der Waals surface area (Å²) in [5.41, 5.74) is 0. The van der Waals surface area contributed by atoms with Crippen molar-refractivity contribution < 1.29 is 9.90 Å². The number of amides is 1. The molecule has 0 aromatic rings. The van der Waals surface area contributed by atoms with Crippen LogP contribution in [-0.2, 0) is 4.79 Å². The van der Waals surface area contributed by atoms with Crippen LogP contribution >= 0.6 is 0 Å². The average molecular weight is 256 g/mol. The van der Waals surface area contributed by atoms with Crippen molar-refractivity contribution in [2.75, 3.05) is 20.1 Å². The van der Waals surface area contributed by atoms with Crippen molar-refractivity contribution in [3.05, 3.63) is 0 Å². The number of aliphatic hydroxyl groups is 1. The summed E-state index contributed by atoms with van der Waals surface area (Å²) in [4.78, 5) is 13.7. The molecule has 0 bridgehead atoms. The van der Waals surface area contributed by atoms with Crippen molar-refractivity contribution in [2.45, 2.75) is 64.0 Å². The van der Waals surface area contributed by atoms with Crippen LogP contribution in [0.2, 0.25) is 0 Å². The molecule has 0 radical (unpaired) electrons. The lowest BCUT2D eigenvalue weighted by Crippen LogP contribution is -2.38. The van der Waals surface area contributed by atoms with Crippen molar-refractivity contribution in [1.29, 1.82) is 0 Å². The van der Waals surface area contributed by atoms with Gasteiger partial charge in [0.25, 0.3) is 0 Å². The Morgan fingerprint density at radius 3 is 2.89 bits per heavy atom. The van der Waals surface area contributed by atoms with Gasteiger partial charge < -0.3 is 15.3 Å². The second-order valence-electron chi connectivity index (χ2n) is 5.40. The van der Waals surface area contributed by atoms with Crippen LogP contribution in [-0.4, -0.2) is 48.2 Å². The highest BCUT2D eigenvalue weighted by Gasteiger charge is 2.21. The molecule has 1 amide bonds. The van der Waals surface area contributed by atoms with E-state index in [2.05, 4.69) is 10.2 Å². The SMILES string of the molecule is CNC(=O)CCCN1CCCCCC1CC(C)O. The number of hydrogen-bond donors (Lipinski definition) is 2. The molecule has 1 aliphatic rings. The molecule has 1 saturated heterocycles. The predicted octanol–water partition coefficient (Wildman–Crippen LogP) is 1.53. The number of aliphatic hydroxyl groups excluding tert-OH is 1. The van der Waals surface area contributed by atoms with Gasteiger partial charge in [-0.05, 0) is 45.7 Å². The lowest BCUT2D eigenvalue weighted by molar-refractivity contribution is -0.120. The lowest BCUT2D eigenvalue weighted by Gasteiger charge is -2.30. The van der Waals surface area contributed by atoms with Gasteiger partial charge in [-0.1, -0.05) is 12.8 Å². The van der Waals surface area contributed by atoms with Crippen molar-refractivity contribution in [2.24, 2.45) is 0 Å². The lowest BCUT2D eigenvalue weighted by atomic mass is 10.0.